The zero-order valence-corrected chi connectivity index (χ0v) is 13.1. The van der Waals surface area contributed by atoms with Gasteiger partial charge in [-0.15, -0.1) is 11.3 Å². The van der Waals surface area contributed by atoms with Gasteiger partial charge in [-0.25, -0.2) is 12.7 Å². The van der Waals surface area contributed by atoms with Gasteiger partial charge < -0.3 is 5.32 Å². The van der Waals surface area contributed by atoms with E-state index in [1.165, 1.54) is 11.1 Å². The van der Waals surface area contributed by atoms with Gasteiger partial charge in [0.15, 0.2) is 0 Å². The van der Waals surface area contributed by atoms with Crippen molar-refractivity contribution in [3.8, 4) is 0 Å². The molecule has 1 aromatic heterocycles. The molecular formula is C13H22N2O2S2. The second kappa shape index (κ2) is 6.35. The molecule has 0 saturated carbocycles. The van der Waals surface area contributed by atoms with Crippen molar-refractivity contribution in [2.45, 2.75) is 25.8 Å². The van der Waals surface area contributed by atoms with Crippen LogP contribution in [-0.2, 0) is 10.0 Å². The van der Waals surface area contributed by atoms with Crippen molar-refractivity contribution < 1.29 is 8.42 Å². The molecule has 0 bridgehead atoms. The monoisotopic (exact) mass is 302 g/mol. The number of hydrogen-bond donors (Lipinski definition) is 1. The summed E-state index contributed by atoms with van der Waals surface area (Å²) in [4.78, 5) is 1.33. The molecule has 1 fully saturated rings. The summed E-state index contributed by atoms with van der Waals surface area (Å²) < 4.78 is 24.7. The summed E-state index contributed by atoms with van der Waals surface area (Å²) in [6, 6.07) is 4.53. The summed E-state index contributed by atoms with van der Waals surface area (Å²) in [6.45, 7) is 4.37. The van der Waals surface area contributed by atoms with Crippen LogP contribution in [0.2, 0.25) is 0 Å². The molecule has 1 unspecified atom stereocenters. The van der Waals surface area contributed by atoms with Gasteiger partial charge in [0.1, 0.15) is 0 Å². The maximum absolute atomic E-state index is 11.6. The average molecular weight is 302 g/mol. The Morgan fingerprint density at radius 2 is 2.37 bits per heavy atom. The number of hydrogen-bond acceptors (Lipinski definition) is 4. The van der Waals surface area contributed by atoms with Crippen LogP contribution in [0.4, 0.5) is 0 Å². The molecule has 0 aliphatic carbocycles. The highest BCUT2D eigenvalue weighted by molar-refractivity contribution is 7.88. The molecular weight excluding hydrogens is 280 g/mol. The third-order valence-corrected chi connectivity index (χ3v) is 5.96. The van der Waals surface area contributed by atoms with Gasteiger partial charge in [0, 0.05) is 24.0 Å². The van der Waals surface area contributed by atoms with Gasteiger partial charge in [-0.05, 0) is 43.7 Å². The van der Waals surface area contributed by atoms with Crippen molar-refractivity contribution in [1.82, 2.24) is 9.62 Å². The fraction of sp³-hybridized carbons (Fsp3) is 0.692. The molecule has 0 spiro atoms. The highest BCUT2D eigenvalue weighted by Crippen LogP contribution is 2.21. The fourth-order valence-corrected chi connectivity index (χ4v) is 4.18. The highest BCUT2D eigenvalue weighted by atomic mass is 32.2. The number of piperidine rings is 1. The lowest BCUT2D eigenvalue weighted by Gasteiger charge is -2.31. The second-order valence-electron chi connectivity index (χ2n) is 5.27. The van der Waals surface area contributed by atoms with Crippen LogP contribution in [0.1, 0.15) is 30.7 Å². The van der Waals surface area contributed by atoms with Gasteiger partial charge in [-0.2, -0.15) is 0 Å². The summed E-state index contributed by atoms with van der Waals surface area (Å²) in [5, 5.41) is 5.60. The predicted molar refractivity (Wildman–Crippen MR) is 79.9 cm³/mol. The van der Waals surface area contributed by atoms with Crippen molar-refractivity contribution >= 4 is 21.4 Å². The predicted octanol–water partition coefficient (Wildman–Crippen LogP) is 2.07. The first-order valence-electron chi connectivity index (χ1n) is 6.68. The molecule has 1 saturated heterocycles. The molecule has 0 amide bonds. The Balaban J connectivity index is 1.83. The van der Waals surface area contributed by atoms with E-state index in [4.69, 9.17) is 0 Å². The van der Waals surface area contributed by atoms with Crippen LogP contribution in [0.25, 0.3) is 0 Å². The maximum atomic E-state index is 11.6. The Morgan fingerprint density at radius 1 is 1.58 bits per heavy atom. The SMILES string of the molecule is C[C@H](NCC1CCCN(S(C)(=O)=O)C1)c1cccs1. The van der Waals surface area contributed by atoms with E-state index in [0.29, 0.717) is 25.0 Å². The number of nitrogens with zero attached hydrogens (tertiary/aromatic N) is 1. The Kier molecular flexibility index (Phi) is 5.00. The fourth-order valence-electron chi connectivity index (χ4n) is 2.48. The quantitative estimate of drug-likeness (QED) is 0.906. The molecule has 2 rings (SSSR count). The van der Waals surface area contributed by atoms with Gasteiger partial charge in [0.25, 0.3) is 0 Å². The van der Waals surface area contributed by atoms with Crippen molar-refractivity contribution in [2.24, 2.45) is 5.92 Å². The van der Waals surface area contributed by atoms with E-state index < -0.39 is 10.0 Å². The Labute approximate surface area is 119 Å². The van der Waals surface area contributed by atoms with Gasteiger partial charge in [-0.1, -0.05) is 6.07 Å². The second-order valence-corrected chi connectivity index (χ2v) is 8.24. The molecule has 2 atom stereocenters. The minimum Gasteiger partial charge on any atom is -0.309 e. The van der Waals surface area contributed by atoms with Crippen LogP contribution in [0.15, 0.2) is 17.5 Å². The molecule has 0 aromatic carbocycles. The van der Waals surface area contributed by atoms with E-state index >= 15 is 0 Å². The lowest BCUT2D eigenvalue weighted by atomic mass is 9.99. The Hall–Kier alpha value is -0.430. The largest absolute Gasteiger partial charge is 0.309 e. The van der Waals surface area contributed by atoms with Crippen molar-refractivity contribution in [2.75, 3.05) is 25.9 Å². The molecule has 0 radical (unpaired) electrons. The molecule has 1 aliphatic rings. The van der Waals surface area contributed by atoms with Gasteiger partial charge >= 0.3 is 0 Å². The van der Waals surface area contributed by atoms with Crippen LogP contribution < -0.4 is 5.32 Å². The molecule has 1 aromatic rings. The van der Waals surface area contributed by atoms with Crippen molar-refractivity contribution in [1.29, 1.82) is 0 Å². The molecule has 1 N–H and O–H groups in total. The van der Waals surface area contributed by atoms with Gasteiger partial charge in [0.2, 0.25) is 10.0 Å². The van der Waals surface area contributed by atoms with E-state index in [1.54, 1.807) is 15.6 Å². The van der Waals surface area contributed by atoms with Gasteiger partial charge in [0.05, 0.1) is 6.26 Å². The first kappa shape index (κ1) is 15.0. The first-order chi connectivity index (χ1) is 8.97. The number of rotatable bonds is 5. The van der Waals surface area contributed by atoms with Crippen molar-refractivity contribution in [3.63, 3.8) is 0 Å². The van der Waals surface area contributed by atoms with Crippen LogP contribution in [0.3, 0.4) is 0 Å². The summed E-state index contributed by atoms with van der Waals surface area (Å²) in [6.07, 6.45) is 3.38. The molecule has 2 heterocycles. The van der Waals surface area contributed by atoms with E-state index in [1.807, 2.05) is 0 Å². The normalized spacial score (nSPS) is 23.4. The third kappa shape index (κ3) is 4.27. The van der Waals surface area contributed by atoms with Crippen LogP contribution >= 0.6 is 11.3 Å². The topological polar surface area (TPSA) is 49.4 Å². The minimum atomic E-state index is -3.03. The maximum Gasteiger partial charge on any atom is 0.211 e. The van der Waals surface area contributed by atoms with Crippen LogP contribution in [0, 0.1) is 5.92 Å². The summed E-state index contributed by atoms with van der Waals surface area (Å²) in [5.41, 5.74) is 0. The zero-order valence-electron chi connectivity index (χ0n) is 11.5. The average Bonchev–Trinajstić information content (AvgIpc) is 2.89. The number of sulfonamides is 1. The molecule has 6 heteroatoms. The first-order valence-corrected chi connectivity index (χ1v) is 9.41. The minimum absolute atomic E-state index is 0.341. The smallest absolute Gasteiger partial charge is 0.211 e. The third-order valence-electron chi connectivity index (χ3n) is 3.63. The Morgan fingerprint density at radius 3 is 3.00 bits per heavy atom. The summed E-state index contributed by atoms with van der Waals surface area (Å²) in [5.74, 6) is 0.422. The highest BCUT2D eigenvalue weighted by Gasteiger charge is 2.25. The molecule has 1 aliphatic heterocycles. The van der Waals surface area contributed by atoms with Crippen molar-refractivity contribution in [3.05, 3.63) is 22.4 Å². The number of thiophene rings is 1. The van der Waals surface area contributed by atoms with E-state index in [9.17, 15) is 8.42 Å². The Bertz CT molecular complexity index is 485. The molecule has 19 heavy (non-hydrogen) atoms. The molecule has 108 valence electrons. The lowest BCUT2D eigenvalue weighted by molar-refractivity contribution is 0.257. The van der Waals surface area contributed by atoms with Gasteiger partial charge in [-0.3, -0.25) is 0 Å². The number of nitrogens with one attached hydrogen (secondary N) is 1. The van der Waals surface area contributed by atoms with Crippen LogP contribution in [-0.4, -0.2) is 38.6 Å². The summed E-state index contributed by atoms with van der Waals surface area (Å²) in [7, 11) is -3.03. The van der Waals surface area contributed by atoms with E-state index in [-0.39, 0.29) is 0 Å². The van der Waals surface area contributed by atoms with E-state index in [2.05, 4.69) is 29.8 Å². The summed E-state index contributed by atoms with van der Waals surface area (Å²) >= 11 is 1.75. The zero-order chi connectivity index (χ0) is 13.9. The van der Waals surface area contributed by atoms with E-state index in [0.717, 1.165) is 19.4 Å². The molecule has 4 nitrogen and oxygen atoms in total. The van der Waals surface area contributed by atoms with Crippen LogP contribution in [0.5, 0.6) is 0 Å². The lowest BCUT2D eigenvalue weighted by Crippen LogP contribution is -2.42. The standard InChI is InChI=1S/C13H22N2O2S2/c1-11(13-6-4-8-18-13)14-9-12-5-3-7-15(10-12)19(2,16)17/h4,6,8,11-12,14H,3,5,7,9-10H2,1-2H3/t11-,12?/m0/s1.